The van der Waals surface area contributed by atoms with Crippen LogP contribution in [0.5, 0.6) is 0 Å². The molecule has 0 aliphatic carbocycles. The quantitative estimate of drug-likeness (QED) is 0.501. The molecule has 0 bridgehead atoms. The number of nitro benzene ring substituents is 1. The monoisotopic (exact) mass is 242 g/mol. The van der Waals surface area contributed by atoms with Crippen molar-refractivity contribution in [2.75, 3.05) is 11.2 Å². The van der Waals surface area contributed by atoms with Crippen molar-refractivity contribution >= 4 is 28.9 Å². The predicted molar refractivity (Wildman–Crippen MR) is 61.8 cm³/mol. The van der Waals surface area contributed by atoms with Gasteiger partial charge in [-0.2, -0.15) is 0 Å². The van der Waals surface area contributed by atoms with Crippen molar-refractivity contribution in [3.63, 3.8) is 0 Å². The van der Waals surface area contributed by atoms with Crippen LogP contribution in [0.1, 0.15) is 12.0 Å². The number of aryl methyl sites for hydroxylation is 1. The molecule has 16 heavy (non-hydrogen) atoms. The number of rotatable bonds is 4. The molecule has 0 aliphatic rings. The predicted octanol–water partition coefficient (Wildman–Crippen LogP) is 2.47. The van der Waals surface area contributed by atoms with E-state index < -0.39 is 4.92 Å². The van der Waals surface area contributed by atoms with Crippen LogP contribution in [0.25, 0.3) is 0 Å². The first-order valence-corrected chi connectivity index (χ1v) is 5.19. The first-order chi connectivity index (χ1) is 7.54. The minimum atomic E-state index is -0.480. The van der Waals surface area contributed by atoms with E-state index in [1.54, 1.807) is 19.1 Å². The topological polar surface area (TPSA) is 72.2 Å². The summed E-state index contributed by atoms with van der Waals surface area (Å²) in [6.07, 6.45) is 0.184. The van der Waals surface area contributed by atoms with Crippen LogP contribution in [-0.4, -0.2) is 16.7 Å². The van der Waals surface area contributed by atoms with E-state index in [2.05, 4.69) is 5.32 Å². The molecule has 1 N–H and O–H groups in total. The van der Waals surface area contributed by atoms with Crippen molar-refractivity contribution in [2.45, 2.75) is 13.3 Å². The second kappa shape index (κ2) is 5.46. The Morgan fingerprint density at radius 2 is 2.25 bits per heavy atom. The number of benzene rings is 1. The van der Waals surface area contributed by atoms with Gasteiger partial charge < -0.3 is 5.32 Å². The van der Waals surface area contributed by atoms with Gasteiger partial charge in [-0.3, -0.25) is 14.9 Å². The summed E-state index contributed by atoms with van der Waals surface area (Å²) in [7, 11) is 0. The van der Waals surface area contributed by atoms with Crippen LogP contribution < -0.4 is 5.32 Å². The lowest BCUT2D eigenvalue weighted by molar-refractivity contribution is -0.385. The molecule has 0 radical (unpaired) electrons. The second-order valence-corrected chi connectivity index (χ2v) is 3.62. The van der Waals surface area contributed by atoms with E-state index in [1.165, 1.54) is 6.07 Å². The highest BCUT2D eigenvalue weighted by atomic mass is 35.5. The van der Waals surface area contributed by atoms with Gasteiger partial charge in [-0.1, -0.05) is 6.07 Å². The molecule has 0 fully saturated rings. The Hall–Kier alpha value is -1.62. The molecular formula is C10H11ClN2O3. The van der Waals surface area contributed by atoms with Gasteiger partial charge in [0, 0.05) is 29.6 Å². The van der Waals surface area contributed by atoms with Gasteiger partial charge in [0.2, 0.25) is 5.91 Å². The molecule has 5 nitrogen and oxygen atoms in total. The summed E-state index contributed by atoms with van der Waals surface area (Å²) in [5, 5.41) is 13.2. The summed E-state index contributed by atoms with van der Waals surface area (Å²) in [4.78, 5) is 21.4. The maximum atomic E-state index is 11.2. The van der Waals surface area contributed by atoms with Gasteiger partial charge in [0.25, 0.3) is 5.69 Å². The van der Waals surface area contributed by atoms with Crippen molar-refractivity contribution in [3.05, 3.63) is 33.9 Å². The van der Waals surface area contributed by atoms with Gasteiger partial charge in [-0.25, -0.2) is 0 Å². The molecule has 1 rings (SSSR count). The number of carbonyl (C=O) groups is 1. The maximum absolute atomic E-state index is 11.2. The van der Waals surface area contributed by atoms with E-state index in [0.717, 1.165) is 0 Å². The van der Waals surface area contributed by atoms with Gasteiger partial charge in [0.15, 0.2) is 0 Å². The van der Waals surface area contributed by atoms with E-state index in [9.17, 15) is 14.9 Å². The fraction of sp³-hybridized carbons (Fsp3) is 0.300. The third-order valence-corrected chi connectivity index (χ3v) is 2.20. The van der Waals surface area contributed by atoms with Crippen molar-refractivity contribution in [1.82, 2.24) is 0 Å². The first kappa shape index (κ1) is 12.4. The molecule has 0 saturated carbocycles. The van der Waals surface area contributed by atoms with Crippen molar-refractivity contribution in [3.8, 4) is 0 Å². The Morgan fingerprint density at radius 3 is 2.81 bits per heavy atom. The average Bonchev–Trinajstić information content (AvgIpc) is 2.21. The van der Waals surface area contributed by atoms with Gasteiger partial charge >= 0.3 is 0 Å². The second-order valence-electron chi connectivity index (χ2n) is 3.25. The van der Waals surface area contributed by atoms with E-state index in [1.807, 2.05) is 0 Å². The lowest BCUT2D eigenvalue weighted by Crippen LogP contribution is -2.11. The van der Waals surface area contributed by atoms with Crippen LogP contribution in [0.4, 0.5) is 11.4 Å². The molecule has 0 atom stereocenters. The summed E-state index contributed by atoms with van der Waals surface area (Å²) in [5.41, 5.74) is 0.955. The number of carbonyl (C=O) groups excluding carboxylic acids is 1. The zero-order valence-electron chi connectivity index (χ0n) is 8.70. The van der Waals surface area contributed by atoms with Crippen LogP contribution >= 0.6 is 11.6 Å². The van der Waals surface area contributed by atoms with Crippen LogP contribution in [0, 0.1) is 17.0 Å². The molecule has 0 unspecified atom stereocenters. The molecule has 0 aliphatic heterocycles. The maximum Gasteiger partial charge on any atom is 0.274 e. The minimum absolute atomic E-state index is 0.0105. The Labute approximate surface area is 97.6 Å². The van der Waals surface area contributed by atoms with Crippen LogP contribution in [-0.2, 0) is 4.79 Å². The fourth-order valence-electron chi connectivity index (χ4n) is 1.19. The van der Waals surface area contributed by atoms with Crippen molar-refractivity contribution in [1.29, 1.82) is 0 Å². The average molecular weight is 243 g/mol. The van der Waals surface area contributed by atoms with Crippen LogP contribution in [0.15, 0.2) is 18.2 Å². The smallest absolute Gasteiger partial charge is 0.274 e. The number of halogens is 1. The van der Waals surface area contributed by atoms with Crippen LogP contribution in [0.2, 0.25) is 0 Å². The number of nitrogens with one attached hydrogen (secondary N) is 1. The highest BCUT2D eigenvalue weighted by Crippen LogP contribution is 2.22. The molecule has 0 aromatic heterocycles. The molecule has 1 aromatic rings. The third-order valence-electron chi connectivity index (χ3n) is 2.01. The summed E-state index contributed by atoms with van der Waals surface area (Å²) in [6, 6.07) is 4.55. The Kier molecular flexibility index (Phi) is 4.25. The third kappa shape index (κ3) is 3.20. The molecule has 1 aromatic carbocycles. The van der Waals surface area contributed by atoms with E-state index in [4.69, 9.17) is 11.6 Å². The van der Waals surface area contributed by atoms with Gasteiger partial charge in [-0.15, -0.1) is 11.6 Å². The van der Waals surface area contributed by atoms with Crippen LogP contribution in [0.3, 0.4) is 0 Å². The Morgan fingerprint density at radius 1 is 1.56 bits per heavy atom. The molecule has 0 saturated heterocycles. The number of hydrogen-bond donors (Lipinski definition) is 1. The number of nitrogens with zero attached hydrogens (tertiary/aromatic N) is 1. The normalized spacial score (nSPS) is 9.88. The highest BCUT2D eigenvalue weighted by Gasteiger charge is 2.11. The summed E-state index contributed by atoms with van der Waals surface area (Å²) >= 11 is 5.40. The lowest BCUT2D eigenvalue weighted by atomic mass is 10.2. The van der Waals surface area contributed by atoms with Gasteiger partial charge in [-0.05, 0) is 13.0 Å². The van der Waals surface area contributed by atoms with E-state index in [-0.39, 0.29) is 23.9 Å². The number of amides is 1. The van der Waals surface area contributed by atoms with E-state index in [0.29, 0.717) is 11.3 Å². The molecule has 1 amide bonds. The largest absolute Gasteiger partial charge is 0.326 e. The molecule has 86 valence electrons. The SMILES string of the molecule is Cc1ccc(NC(=O)CCCl)cc1[N+](=O)[O-]. The lowest BCUT2D eigenvalue weighted by Gasteiger charge is -2.04. The molecular weight excluding hydrogens is 232 g/mol. The summed E-state index contributed by atoms with van der Waals surface area (Å²) < 4.78 is 0. The number of anilines is 1. The first-order valence-electron chi connectivity index (χ1n) is 4.65. The van der Waals surface area contributed by atoms with Gasteiger partial charge in [0.1, 0.15) is 0 Å². The standard InChI is InChI=1S/C10H11ClN2O3/c1-7-2-3-8(6-9(7)13(15)16)12-10(14)4-5-11/h2-3,6H,4-5H2,1H3,(H,12,14). The molecule has 0 heterocycles. The fourth-order valence-corrected chi connectivity index (χ4v) is 1.36. The Bertz CT molecular complexity index is 421. The Balaban J connectivity index is 2.87. The number of hydrogen-bond acceptors (Lipinski definition) is 3. The number of nitro groups is 1. The minimum Gasteiger partial charge on any atom is -0.326 e. The van der Waals surface area contributed by atoms with E-state index >= 15 is 0 Å². The summed E-state index contributed by atoms with van der Waals surface area (Å²) in [6.45, 7) is 1.64. The zero-order chi connectivity index (χ0) is 12.1. The molecule has 6 heteroatoms. The molecule has 0 spiro atoms. The van der Waals surface area contributed by atoms with Gasteiger partial charge in [0.05, 0.1) is 4.92 Å². The number of alkyl halides is 1. The van der Waals surface area contributed by atoms with Crippen molar-refractivity contribution in [2.24, 2.45) is 0 Å². The summed E-state index contributed by atoms with van der Waals surface area (Å²) in [5.74, 6) is -0.0343. The zero-order valence-corrected chi connectivity index (χ0v) is 9.45. The van der Waals surface area contributed by atoms with Crippen molar-refractivity contribution < 1.29 is 9.72 Å². The highest BCUT2D eigenvalue weighted by molar-refractivity contribution is 6.19.